The average Bonchev–Trinajstić information content (AvgIpc) is 3.20. The fraction of sp³-hybridized carbons (Fsp3) is 0.727. The standard InChI is InChI=1S/C22H31N3O3/c26-20(23-15-22-11-16-8-17(12-22)10-18(9-16)13-22)14-24-3-5-25(6-4-24)21(27)19-2-1-7-28-19/h1-2,7,16-18H,3-6,8-15H2,(H,23,26)/p+1. The summed E-state index contributed by atoms with van der Waals surface area (Å²) in [5.41, 5.74) is 0.397. The molecule has 1 aromatic rings. The number of piperazine rings is 1. The highest BCUT2D eigenvalue weighted by molar-refractivity contribution is 5.91. The maximum Gasteiger partial charge on any atom is 0.289 e. The van der Waals surface area contributed by atoms with Gasteiger partial charge in [0.25, 0.3) is 11.8 Å². The van der Waals surface area contributed by atoms with Crippen LogP contribution in [0.3, 0.4) is 0 Å². The summed E-state index contributed by atoms with van der Waals surface area (Å²) < 4.78 is 5.21. The first kappa shape index (κ1) is 18.2. The molecule has 0 aromatic carbocycles. The molecule has 1 aromatic heterocycles. The van der Waals surface area contributed by atoms with E-state index in [4.69, 9.17) is 4.42 Å². The Kier molecular flexibility index (Phi) is 4.69. The van der Waals surface area contributed by atoms with Crippen LogP contribution in [0, 0.1) is 23.2 Å². The second-order valence-corrected chi connectivity index (χ2v) is 9.89. The van der Waals surface area contributed by atoms with Gasteiger partial charge in [0.05, 0.1) is 32.4 Å². The number of nitrogens with zero attached hydrogens (tertiary/aromatic N) is 1. The minimum atomic E-state index is -0.0460. The summed E-state index contributed by atoms with van der Waals surface area (Å²) in [6.45, 7) is 4.39. The molecule has 2 amide bonds. The summed E-state index contributed by atoms with van der Waals surface area (Å²) in [4.78, 5) is 28.0. The van der Waals surface area contributed by atoms with E-state index in [-0.39, 0.29) is 11.8 Å². The lowest BCUT2D eigenvalue weighted by Gasteiger charge is -2.56. The number of hydrogen-bond donors (Lipinski definition) is 2. The molecule has 4 saturated carbocycles. The fourth-order valence-electron chi connectivity index (χ4n) is 6.84. The molecule has 6 nitrogen and oxygen atoms in total. The predicted molar refractivity (Wildman–Crippen MR) is 104 cm³/mol. The number of quaternary nitrogens is 1. The van der Waals surface area contributed by atoms with E-state index in [1.54, 1.807) is 12.1 Å². The van der Waals surface area contributed by atoms with Gasteiger partial charge in [-0.1, -0.05) is 0 Å². The summed E-state index contributed by atoms with van der Waals surface area (Å²) in [5.74, 6) is 3.30. The van der Waals surface area contributed by atoms with Gasteiger partial charge in [-0.2, -0.15) is 0 Å². The first-order chi connectivity index (χ1) is 13.6. The number of amides is 2. The zero-order valence-electron chi connectivity index (χ0n) is 16.6. The van der Waals surface area contributed by atoms with Crippen LogP contribution < -0.4 is 10.2 Å². The van der Waals surface area contributed by atoms with Gasteiger partial charge >= 0.3 is 0 Å². The van der Waals surface area contributed by atoms with E-state index in [9.17, 15) is 9.59 Å². The number of carbonyl (C=O) groups is 2. The summed E-state index contributed by atoms with van der Waals surface area (Å²) >= 11 is 0. The molecule has 2 heterocycles. The van der Waals surface area contributed by atoms with Crippen molar-refractivity contribution in [2.24, 2.45) is 23.2 Å². The third kappa shape index (κ3) is 3.59. The molecule has 4 aliphatic carbocycles. The molecule has 2 N–H and O–H groups in total. The molecule has 0 unspecified atom stereocenters. The fourth-order valence-corrected chi connectivity index (χ4v) is 6.84. The van der Waals surface area contributed by atoms with Crippen molar-refractivity contribution in [3.8, 4) is 0 Å². The highest BCUT2D eigenvalue weighted by atomic mass is 16.3. The normalized spacial score (nSPS) is 34.6. The molecular formula is C22H32N3O3+. The Morgan fingerprint density at radius 2 is 1.75 bits per heavy atom. The van der Waals surface area contributed by atoms with Gasteiger partial charge in [-0.3, -0.25) is 9.59 Å². The lowest BCUT2D eigenvalue weighted by atomic mass is 9.49. The SMILES string of the molecule is O=C(C[NH+]1CCN(C(=O)c2ccco2)CC1)NCC12CC3CC(CC(C3)C1)C2. The van der Waals surface area contributed by atoms with Crippen LogP contribution >= 0.6 is 0 Å². The second-order valence-electron chi connectivity index (χ2n) is 9.89. The van der Waals surface area contributed by atoms with Crippen molar-refractivity contribution >= 4 is 11.8 Å². The van der Waals surface area contributed by atoms with Gasteiger partial charge in [0.1, 0.15) is 0 Å². The first-order valence-electron chi connectivity index (χ1n) is 11.0. The van der Waals surface area contributed by atoms with Crippen LogP contribution in [0.15, 0.2) is 22.8 Å². The van der Waals surface area contributed by atoms with Gasteiger partial charge in [0, 0.05) is 6.54 Å². The van der Waals surface area contributed by atoms with Crippen LogP contribution in [0.2, 0.25) is 0 Å². The molecule has 4 bridgehead atoms. The van der Waals surface area contributed by atoms with Crippen LogP contribution in [0.4, 0.5) is 0 Å². The monoisotopic (exact) mass is 386 g/mol. The largest absolute Gasteiger partial charge is 0.459 e. The molecule has 28 heavy (non-hydrogen) atoms. The summed E-state index contributed by atoms with van der Waals surface area (Å²) in [6, 6.07) is 3.45. The second kappa shape index (κ2) is 7.21. The Morgan fingerprint density at radius 3 is 2.32 bits per heavy atom. The average molecular weight is 387 g/mol. The minimum absolute atomic E-state index is 0.0460. The Bertz CT molecular complexity index is 686. The first-order valence-corrected chi connectivity index (χ1v) is 11.0. The van der Waals surface area contributed by atoms with Crippen molar-refractivity contribution in [3.05, 3.63) is 24.2 Å². The summed E-state index contributed by atoms with van der Waals surface area (Å²) in [7, 11) is 0. The number of hydrogen-bond acceptors (Lipinski definition) is 3. The maximum absolute atomic E-state index is 12.6. The molecule has 1 aliphatic heterocycles. The molecule has 0 radical (unpaired) electrons. The third-order valence-electron chi connectivity index (χ3n) is 7.73. The molecule has 6 rings (SSSR count). The van der Waals surface area contributed by atoms with Crippen LogP contribution in [-0.4, -0.2) is 56.0 Å². The van der Waals surface area contributed by atoms with Crippen molar-refractivity contribution in [1.29, 1.82) is 0 Å². The molecule has 6 heteroatoms. The van der Waals surface area contributed by atoms with Crippen molar-refractivity contribution < 1.29 is 18.9 Å². The number of nitrogens with one attached hydrogen (secondary N) is 2. The van der Waals surface area contributed by atoms with E-state index in [0.29, 0.717) is 30.8 Å². The number of carbonyl (C=O) groups excluding carboxylic acids is 2. The van der Waals surface area contributed by atoms with Crippen LogP contribution in [0.5, 0.6) is 0 Å². The molecule has 5 fully saturated rings. The highest BCUT2D eigenvalue weighted by Gasteiger charge is 2.50. The summed E-state index contributed by atoms with van der Waals surface area (Å²) in [6.07, 6.45) is 9.86. The number of rotatable bonds is 5. The minimum Gasteiger partial charge on any atom is -0.459 e. The third-order valence-corrected chi connectivity index (χ3v) is 7.73. The van der Waals surface area contributed by atoms with Gasteiger partial charge < -0.3 is 19.5 Å². The molecule has 0 spiro atoms. The van der Waals surface area contributed by atoms with Gasteiger partial charge in [-0.25, -0.2) is 0 Å². The van der Waals surface area contributed by atoms with Crippen molar-refractivity contribution in [1.82, 2.24) is 10.2 Å². The molecule has 0 atom stereocenters. The van der Waals surface area contributed by atoms with E-state index >= 15 is 0 Å². The van der Waals surface area contributed by atoms with Crippen molar-refractivity contribution in [2.45, 2.75) is 38.5 Å². The van der Waals surface area contributed by atoms with Gasteiger partial charge in [-0.15, -0.1) is 0 Å². The Morgan fingerprint density at radius 1 is 1.11 bits per heavy atom. The molecular weight excluding hydrogens is 354 g/mol. The van der Waals surface area contributed by atoms with E-state index < -0.39 is 0 Å². The van der Waals surface area contributed by atoms with Crippen molar-refractivity contribution in [3.63, 3.8) is 0 Å². The topological polar surface area (TPSA) is 67.0 Å². The van der Waals surface area contributed by atoms with Gasteiger partial charge in [0.15, 0.2) is 12.3 Å². The highest BCUT2D eigenvalue weighted by Crippen LogP contribution is 2.59. The Hall–Kier alpha value is -1.82. The van der Waals surface area contributed by atoms with E-state index in [1.165, 1.54) is 49.7 Å². The zero-order valence-corrected chi connectivity index (χ0v) is 16.6. The lowest BCUT2D eigenvalue weighted by molar-refractivity contribution is -0.896. The van der Waals surface area contributed by atoms with E-state index in [0.717, 1.165) is 37.4 Å². The quantitative estimate of drug-likeness (QED) is 0.792. The van der Waals surface area contributed by atoms with Gasteiger partial charge in [0.2, 0.25) is 0 Å². The van der Waals surface area contributed by atoms with E-state index in [2.05, 4.69) is 5.32 Å². The molecule has 5 aliphatic rings. The molecule has 1 saturated heterocycles. The van der Waals surface area contributed by atoms with Crippen LogP contribution in [-0.2, 0) is 4.79 Å². The smallest absolute Gasteiger partial charge is 0.289 e. The molecule has 152 valence electrons. The Labute approximate surface area is 166 Å². The van der Waals surface area contributed by atoms with Gasteiger partial charge in [-0.05, 0) is 73.8 Å². The Balaban J connectivity index is 1.07. The zero-order chi connectivity index (χ0) is 19.1. The maximum atomic E-state index is 12.6. The predicted octanol–water partition coefficient (Wildman–Crippen LogP) is 0.953. The number of furan rings is 1. The van der Waals surface area contributed by atoms with Crippen molar-refractivity contribution in [2.75, 3.05) is 39.3 Å². The van der Waals surface area contributed by atoms with Crippen LogP contribution in [0.1, 0.15) is 49.1 Å². The lowest BCUT2D eigenvalue weighted by Crippen LogP contribution is -3.15. The van der Waals surface area contributed by atoms with E-state index in [1.807, 2.05) is 4.90 Å². The van der Waals surface area contributed by atoms with Crippen LogP contribution in [0.25, 0.3) is 0 Å². The summed E-state index contributed by atoms with van der Waals surface area (Å²) in [5, 5.41) is 3.29.